The van der Waals surface area contributed by atoms with E-state index in [1.807, 2.05) is 13.0 Å². The van der Waals surface area contributed by atoms with Gasteiger partial charge in [0.25, 0.3) is 0 Å². The first-order valence-corrected chi connectivity index (χ1v) is 4.82. The Hall–Kier alpha value is -2.10. The number of aryl methyl sites for hydroxylation is 2. The number of carbonyl (C=O) groups is 2. The van der Waals surface area contributed by atoms with Gasteiger partial charge in [-0.05, 0) is 24.6 Å². The molecule has 1 N–H and O–H groups in total. The van der Waals surface area contributed by atoms with Gasteiger partial charge in [-0.15, -0.1) is 0 Å². The third kappa shape index (κ3) is 1.39. The quantitative estimate of drug-likeness (QED) is 0.782. The Morgan fingerprint density at radius 3 is 2.69 bits per heavy atom. The van der Waals surface area contributed by atoms with Crippen molar-refractivity contribution in [2.24, 2.45) is 7.05 Å². The molecule has 82 valence electrons. The molecule has 0 aliphatic carbocycles. The lowest BCUT2D eigenvalue weighted by atomic mass is 10.1. The van der Waals surface area contributed by atoms with E-state index in [2.05, 4.69) is 0 Å². The minimum absolute atomic E-state index is 0.227. The zero-order valence-corrected chi connectivity index (χ0v) is 9.02. The summed E-state index contributed by atoms with van der Waals surface area (Å²) in [7, 11) is 1.73. The van der Waals surface area contributed by atoms with Gasteiger partial charge in [0, 0.05) is 24.2 Å². The van der Waals surface area contributed by atoms with Crippen LogP contribution in [0.4, 0.5) is 0 Å². The molecule has 0 amide bonds. The molecular weight excluding hydrogens is 206 g/mol. The molecule has 2 aromatic rings. The maximum Gasteiger partial charge on any atom is 0.337 e. The van der Waals surface area contributed by atoms with E-state index in [0.29, 0.717) is 16.5 Å². The molecule has 16 heavy (non-hydrogen) atoms. The highest BCUT2D eigenvalue weighted by atomic mass is 16.4. The first-order chi connectivity index (χ1) is 7.54. The molecule has 0 unspecified atom stereocenters. The monoisotopic (exact) mass is 217 g/mol. The first-order valence-electron chi connectivity index (χ1n) is 4.82. The zero-order chi connectivity index (χ0) is 11.9. The molecule has 1 aromatic carbocycles. The van der Waals surface area contributed by atoms with E-state index in [9.17, 15) is 9.59 Å². The Morgan fingerprint density at radius 2 is 2.12 bits per heavy atom. The van der Waals surface area contributed by atoms with Gasteiger partial charge in [0.1, 0.15) is 0 Å². The number of aldehydes is 1. The van der Waals surface area contributed by atoms with Crippen molar-refractivity contribution in [3.63, 3.8) is 0 Å². The van der Waals surface area contributed by atoms with Gasteiger partial charge in [-0.25, -0.2) is 4.79 Å². The van der Waals surface area contributed by atoms with Crippen LogP contribution in [0.15, 0.2) is 18.3 Å². The normalized spacial score (nSPS) is 10.6. The fraction of sp³-hybridized carbons (Fsp3) is 0.167. The van der Waals surface area contributed by atoms with Crippen LogP contribution < -0.4 is 0 Å². The Balaban J connectivity index is 2.96. The average Bonchev–Trinajstić information content (AvgIpc) is 2.54. The van der Waals surface area contributed by atoms with Crippen LogP contribution in [0.25, 0.3) is 10.9 Å². The Labute approximate surface area is 92.1 Å². The number of hydrogen-bond acceptors (Lipinski definition) is 2. The third-order valence-electron chi connectivity index (χ3n) is 2.61. The van der Waals surface area contributed by atoms with E-state index in [0.717, 1.165) is 11.8 Å². The second-order valence-electron chi connectivity index (χ2n) is 3.83. The lowest BCUT2D eigenvalue weighted by molar-refractivity contribution is 0.0698. The number of hydrogen-bond donors (Lipinski definition) is 1. The lowest BCUT2D eigenvalue weighted by Gasteiger charge is -2.03. The Morgan fingerprint density at radius 1 is 1.44 bits per heavy atom. The van der Waals surface area contributed by atoms with Gasteiger partial charge in [0.05, 0.1) is 11.1 Å². The molecule has 0 aliphatic heterocycles. The van der Waals surface area contributed by atoms with Gasteiger partial charge in [0.15, 0.2) is 6.29 Å². The Kier molecular flexibility index (Phi) is 2.27. The number of carboxylic acid groups (broad SMARTS) is 1. The molecule has 4 heteroatoms. The topological polar surface area (TPSA) is 59.3 Å². The molecule has 4 nitrogen and oxygen atoms in total. The molecule has 0 radical (unpaired) electrons. The second kappa shape index (κ2) is 3.48. The van der Waals surface area contributed by atoms with E-state index in [1.54, 1.807) is 23.9 Å². The summed E-state index contributed by atoms with van der Waals surface area (Å²) >= 11 is 0. The van der Waals surface area contributed by atoms with Crippen molar-refractivity contribution in [2.75, 3.05) is 0 Å². The maximum absolute atomic E-state index is 11.1. The molecule has 0 spiro atoms. The number of fused-ring (bicyclic) bond motifs is 1. The van der Waals surface area contributed by atoms with Gasteiger partial charge >= 0.3 is 5.97 Å². The van der Waals surface area contributed by atoms with E-state index in [4.69, 9.17) is 5.11 Å². The summed E-state index contributed by atoms with van der Waals surface area (Å²) in [6.45, 7) is 1.81. The standard InChI is InChI=1S/C12H11NO3/c1-7-3-9-8(6-14)5-13(2)11(9)10(4-7)12(15)16/h3-6H,1-2H3,(H,15,16). The fourth-order valence-electron chi connectivity index (χ4n) is 1.98. The highest BCUT2D eigenvalue weighted by Gasteiger charge is 2.15. The summed E-state index contributed by atoms with van der Waals surface area (Å²) in [6, 6.07) is 3.44. The summed E-state index contributed by atoms with van der Waals surface area (Å²) in [5.74, 6) is -0.979. The predicted molar refractivity (Wildman–Crippen MR) is 60.0 cm³/mol. The predicted octanol–water partition coefficient (Wildman–Crippen LogP) is 2.00. The van der Waals surface area contributed by atoms with Crippen molar-refractivity contribution < 1.29 is 14.7 Å². The zero-order valence-electron chi connectivity index (χ0n) is 9.02. The molecule has 0 atom stereocenters. The van der Waals surface area contributed by atoms with E-state index in [-0.39, 0.29) is 5.56 Å². The van der Waals surface area contributed by atoms with Crippen LogP contribution >= 0.6 is 0 Å². The minimum Gasteiger partial charge on any atom is -0.478 e. The van der Waals surface area contributed by atoms with Gasteiger partial charge in [0.2, 0.25) is 0 Å². The van der Waals surface area contributed by atoms with Crippen LogP contribution in [-0.4, -0.2) is 21.9 Å². The molecule has 0 aliphatic rings. The van der Waals surface area contributed by atoms with Crippen LogP contribution in [0.2, 0.25) is 0 Å². The first kappa shape index (κ1) is 10.4. The van der Waals surface area contributed by atoms with E-state index in [1.165, 1.54) is 0 Å². The summed E-state index contributed by atoms with van der Waals surface area (Å²) in [6.07, 6.45) is 2.39. The summed E-state index contributed by atoms with van der Waals surface area (Å²) in [5, 5.41) is 9.80. The molecule has 2 rings (SSSR count). The molecule has 0 bridgehead atoms. The summed E-state index contributed by atoms with van der Waals surface area (Å²) in [5.41, 5.74) is 2.16. The van der Waals surface area contributed by atoms with Gasteiger partial charge in [-0.3, -0.25) is 4.79 Å². The molecule has 1 aromatic heterocycles. The van der Waals surface area contributed by atoms with Crippen molar-refractivity contribution in [3.8, 4) is 0 Å². The van der Waals surface area contributed by atoms with Crippen molar-refractivity contribution in [3.05, 3.63) is 35.0 Å². The number of nitrogens with zero attached hydrogens (tertiary/aromatic N) is 1. The van der Waals surface area contributed by atoms with Gasteiger partial charge in [-0.2, -0.15) is 0 Å². The summed E-state index contributed by atoms with van der Waals surface area (Å²) in [4.78, 5) is 22.0. The van der Waals surface area contributed by atoms with Crippen LogP contribution in [0, 0.1) is 6.92 Å². The SMILES string of the molecule is Cc1cc(C(=O)O)c2c(c1)c(C=O)cn2C. The number of aromatic carboxylic acids is 1. The maximum atomic E-state index is 11.1. The molecule has 0 saturated heterocycles. The fourth-order valence-corrected chi connectivity index (χ4v) is 1.98. The lowest BCUT2D eigenvalue weighted by Crippen LogP contribution is -2.01. The number of carbonyl (C=O) groups excluding carboxylic acids is 1. The molecule has 1 heterocycles. The summed E-state index contributed by atoms with van der Waals surface area (Å²) < 4.78 is 1.67. The number of rotatable bonds is 2. The van der Waals surface area contributed by atoms with Crippen LogP contribution in [0.1, 0.15) is 26.3 Å². The van der Waals surface area contributed by atoms with Crippen LogP contribution in [-0.2, 0) is 7.05 Å². The van der Waals surface area contributed by atoms with E-state index >= 15 is 0 Å². The highest BCUT2D eigenvalue weighted by molar-refractivity contribution is 6.07. The van der Waals surface area contributed by atoms with Crippen molar-refractivity contribution in [1.29, 1.82) is 0 Å². The third-order valence-corrected chi connectivity index (χ3v) is 2.61. The van der Waals surface area contributed by atoms with Crippen molar-refractivity contribution in [2.45, 2.75) is 6.92 Å². The highest BCUT2D eigenvalue weighted by Crippen LogP contribution is 2.25. The Bertz CT molecular complexity index is 596. The van der Waals surface area contributed by atoms with Crippen LogP contribution in [0.3, 0.4) is 0 Å². The smallest absolute Gasteiger partial charge is 0.337 e. The largest absolute Gasteiger partial charge is 0.478 e. The number of carboxylic acids is 1. The average molecular weight is 217 g/mol. The van der Waals surface area contributed by atoms with Crippen LogP contribution in [0.5, 0.6) is 0 Å². The molecular formula is C12H11NO3. The van der Waals surface area contributed by atoms with Crippen molar-refractivity contribution >= 4 is 23.2 Å². The van der Waals surface area contributed by atoms with E-state index < -0.39 is 5.97 Å². The number of aromatic nitrogens is 1. The van der Waals surface area contributed by atoms with Gasteiger partial charge in [-0.1, -0.05) is 0 Å². The second-order valence-corrected chi connectivity index (χ2v) is 3.83. The van der Waals surface area contributed by atoms with Gasteiger partial charge < -0.3 is 9.67 Å². The van der Waals surface area contributed by atoms with Crippen molar-refractivity contribution in [1.82, 2.24) is 4.57 Å². The minimum atomic E-state index is -0.979. The molecule has 0 saturated carbocycles. The number of benzene rings is 1. The molecule has 0 fully saturated rings.